The number of carboxylic acid groups (broad SMARTS) is 1. The molecule has 0 bridgehead atoms. The van der Waals surface area contributed by atoms with Crippen LogP contribution in [0.3, 0.4) is 0 Å². The molecule has 3 N–H and O–H groups in total. The third-order valence-electron chi connectivity index (χ3n) is 7.02. The average Bonchev–Trinajstić information content (AvgIpc) is 3.34. The van der Waals surface area contributed by atoms with Gasteiger partial charge in [-0.3, -0.25) is 19.3 Å². The smallest absolute Gasteiger partial charge is 0.323 e. The number of anilines is 1. The molecule has 1 aliphatic heterocycles. The van der Waals surface area contributed by atoms with Crippen LogP contribution in [0.4, 0.5) is 14.9 Å². The molecule has 2 aliphatic rings. The van der Waals surface area contributed by atoms with E-state index in [1.165, 1.54) is 28.0 Å². The Hall–Kier alpha value is -3.66. The summed E-state index contributed by atoms with van der Waals surface area (Å²) in [5, 5.41) is 15.4. The van der Waals surface area contributed by atoms with Crippen LogP contribution in [0.2, 0.25) is 5.02 Å². The van der Waals surface area contributed by atoms with Gasteiger partial charge in [0, 0.05) is 35.4 Å². The molecule has 38 heavy (non-hydrogen) atoms. The second-order valence-corrected chi connectivity index (χ2v) is 10.1. The summed E-state index contributed by atoms with van der Waals surface area (Å²) >= 11 is 6.02. The number of carbonyl (C=O) groups is 4. The summed E-state index contributed by atoms with van der Waals surface area (Å²) in [6, 6.07) is 10.3. The Labute approximate surface area is 224 Å². The van der Waals surface area contributed by atoms with Gasteiger partial charge in [-0.2, -0.15) is 0 Å². The van der Waals surface area contributed by atoms with Crippen molar-refractivity contribution in [2.24, 2.45) is 5.92 Å². The molecule has 11 heteroatoms. The van der Waals surface area contributed by atoms with Crippen LogP contribution in [0.15, 0.2) is 48.5 Å². The van der Waals surface area contributed by atoms with E-state index in [0.29, 0.717) is 10.7 Å². The molecular formula is C27H30ClFN4O5. The van der Waals surface area contributed by atoms with Gasteiger partial charge in [-0.15, -0.1) is 0 Å². The van der Waals surface area contributed by atoms with Crippen molar-refractivity contribution in [1.82, 2.24) is 15.1 Å². The molecule has 2 atom stereocenters. The average molecular weight is 545 g/mol. The molecule has 2 aromatic carbocycles. The minimum absolute atomic E-state index is 0.0219. The molecule has 2 unspecified atom stereocenters. The van der Waals surface area contributed by atoms with Crippen LogP contribution in [-0.2, 0) is 9.59 Å². The van der Waals surface area contributed by atoms with Crippen LogP contribution in [0.5, 0.6) is 0 Å². The molecule has 2 fully saturated rings. The van der Waals surface area contributed by atoms with Crippen LogP contribution in [0.25, 0.3) is 0 Å². The monoisotopic (exact) mass is 544 g/mol. The highest BCUT2D eigenvalue weighted by molar-refractivity contribution is 6.30. The number of hydrogen-bond acceptors (Lipinski definition) is 4. The van der Waals surface area contributed by atoms with Gasteiger partial charge in [0.15, 0.2) is 6.17 Å². The van der Waals surface area contributed by atoms with E-state index in [1.807, 2.05) is 0 Å². The van der Waals surface area contributed by atoms with E-state index in [0.717, 1.165) is 38.2 Å². The number of carbonyl (C=O) groups excluding carboxylic acids is 3. The molecule has 0 spiro atoms. The fourth-order valence-electron chi connectivity index (χ4n) is 5.20. The zero-order chi connectivity index (χ0) is 27.2. The topological polar surface area (TPSA) is 119 Å². The van der Waals surface area contributed by atoms with Crippen molar-refractivity contribution in [1.29, 1.82) is 0 Å². The van der Waals surface area contributed by atoms with Crippen molar-refractivity contribution in [3.63, 3.8) is 0 Å². The van der Waals surface area contributed by atoms with Crippen molar-refractivity contribution >= 4 is 41.1 Å². The van der Waals surface area contributed by atoms with Crippen molar-refractivity contribution in [3.05, 3.63) is 64.9 Å². The number of rotatable bonds is 7. The summed E-state index contributed by atoms with van der Waals surface area (Å²) in [6.07, 6.45) is 2.89. The van der Waals surface area contributed by atoms with E-state index >= 15 is 0 Å². The van der Waals surface area contributed by atoms with Crippen LogP contribution < -0.4 is 10.6 Å². The Bertz CT molecular complexity index is 1210. The van der Waals surface area contributed by atoms with E-state index < -0.39 is 41.8 Å². The van der Waals surface area contributed by atoms with E-state index in [2.05, 4.69) is 10.6 Å². The van der Waals surface area contributed by atoms with Gasteiger partial charge in [-0.05, 0) is 55.2 Å². The first-order valence-electron chi connectivity index (χ1n) is 12.6. The Morgan fingerprint density at radius 3 is 2.39 bits per heavy atom. The van der Waals surface area contributed by atoms with Gasteiger partial charge in [0.2, 0.25) is 0 Å². The highest BCUT2D eigenvalue weighted by atomic mass is 35.5. The maximum atomic E-state index is 13.9. The lowest BCUT2D eigenvalue weighted by Crippen LogP contribution is -2.57. The first-order chi connectivity index (χ1) is 18.2. The van der Waals surface area contributed by atoms with E-state index in [9.17, 15) is 28.7 Å². The van der Waals surface area contributed by atoms with Crippen molar-refractivity contribution in [2.45, 2.75) is 50.7 Å². The van der Waals surface area contributed by atoms with Crippen LogP contribution >= 0.6 is 11.6 Å². The molecule has 1 saturated heterocycles. The van der Waals surface area contributed by atoms with Gasteiger partial charge < -0.3 is 20.6 Å². The Balaban J connectivity index is 1.61. The maximum absolute atomic E-state index is 13.9. The number of hydrogen-bond donors (Lipinski definition) is 3. The number of carboxylic acids is 1. The molecule has 1 aliphatic carbocycles. The summed E-state index contributed by atoms with van der Waals surface area (Å²) in [5.41, 5.74) is 0.441. The predicted molar refractivity (Wildman–Crippen MR) is 139 cm³/mol. The molecule has 1 heterocycles. The quantitative estimate of drug-likeness (QED) is 0.479. The van der Waals surface area contributed by atoms with Crippen LogP contribution in [0.1, 0.15) is 48.9 Å². The number of benzene rings is 2. The van der Waals surface area contributed by atoms with Gasteiger partial charge >= 0.3 is 12.0 Å². The Morgan fingerprint density at radius 1 is 1.00 bits per heavy atom. The SMILES string of the molecule is O=C(O)CC(NC(=O)C1N(C(=O)Nc2cccc(Cl)c2)CCN1C(=O)c1cccc(F)c1)C1CCCCC1. The second-order valence-electron chi connectivity index (χ2n) is 9.63. The molecule has 9 nitrogen and oxygen atoms in total. The third kappa shape index (κ3) is 6.61. The lowest BCUT2D eigenvalue weighted by Gasteiger charge is -2.34. The van der Waals surface area contributed by atoms with Gasteiger partial charge in [0.05, 0.1) is 6.42 Å². The number of nitrogens with one attached hydrogen (secondary N) is 2. The zero-order valence-corrected chi connectivity index (χ0v) is 21.5. The standard InChI is InChI=1S/C27H30ClFN4O5/c28-19-9-5-11-21(15-19)30-27(38)33-13-12-32(26(37)18-8-4-10-20(29)14-18)25(33)24(36)31-22(16-23(34)35)17-6-2-1-3-7-17/h4-5,8-11,14-15,17,22,25H,1-3,6-7,12-13,16H2,(H,30,38)(H,31,36)(H,34,35). The fourth-order valence-corrected chi connectivity index (χ4v) is 5.39. The van der Waals surface area contributed by atoms with E-state index in [-0.39, 0.29) is 31.0 Å². The predicted octanol–water partition coefficient (Wildman–Crippen LogP) is 4.33. The van der Waals surface area contributed by atoms with Gasteiger partial charge in [-0.25, -0.2) is 9.18 Å². The van der Waals surface area contributed by atoms with Gasteiger partial charge in [-0.1, -0.05) is 43.0 Å². The second kappa shape index (κ2) is 12.3. The molecule has 0 aromatic heterocycles. The minimum atomic E-state index is -1.36. The largest absolute Gasteiger partial charge is 0.481 e. The van der Waals surface area contributed by atoms with Crippen molar-refractivity contribution < 1.29 is 28.7 Å². The minimum Gasteiger partial charge on any atom is -0.481 e. The molecule has 2 aromatic rings. The zero-order valence-electron chi connectivity index (χ0n) is 20.7. The summed E-state index contributed by atoms with van der Waals surface area (Å²) in [5.74, 6) is -2.95. The first-order valence-corrected chi connectivity index (χ1v) is 13.0. The number of halogens is 2. The number of urea groups is 1. The first kappa shape index (κ1) is 27.4. The highest BCUT2D eigenvalue weighted by Crippen LogP contribution is 2.29. The Kier molecular flexibility index (Phi) is 8.83. The van der Waals surface area contributed by atoms with Crippen LogP contribution in [0, 0.1) is 11.7 Å². The summed E-state index contributed by atoms with van der Waals surface area (Å²) in [6.45, 7) is 0.0714. The lowest BCUT2D eigenvalue weighted by atomic mass is 9.82. The molecule has 4 rings (SSSR count). The molecule has 202 valence electrons. The Morgan fingerprint density at radius 2 is 1.71 bits per heavy atom. The molecule has 1 saturated carbocycles. The van der Waals surface area contributed by atoms with Crippen LogP contribution in [-0.4, -0.2) is 64.0 Å². The summed E-state index contributed by atoms with van der Waals surface area (Å²) in [7, 11) is 0. The van der Waals surface area contributed by atoms with Gasteiger partial charge in [0.25, 0.3) is 11.8 Å². The highest BCUT2D eigenvalue weighted by Gasteiger charge is 2.44. The maximum Gasteiger partial charge on any atom is 0.323 e. The summed E-state index contributed by atoms with van der Waals surface area (Å²) in [4.78, 5) is 54.4. The van der Waals surface area contributed by atoms with E-state index in [1.54, 1.807) is 24.3 Å². The van der Waals surface area contributed by atoms with E-state index in [4.69, 9.17) is 11.6 Å². The lowest BCUT2D eigenvalue weighted by molar-refractivity contribution is -0.138. The normalized spacial score (nSPS) is 18.6. The summed E-state index contributed by atoms with van der Waals surface area (Å²) < 4.78 is 13.9. The van der Waals surface area contributed by atoms with Gasteiger partial charge in [0.1, 0.15) is 5.82 Å². The molecular weight excluding hydrogens is 515 g/mol. The van der Waals surface area contributed by atoms with Crippen molar-refractivity contribution in [3.8, 4) is 0 Å². The number of nitrogens with zero attached hydrogens (tertiary/aromatic N) is 2. The number of aliphatic carboxylic acids is 1. The number of amides is 4. The third-order valence-corrected chi connectivity index (χ3v) is 7.25. The molecule has 4 amide bonds. The molecule has 0 radical (unpaired) electrons. The van der Waals surface area contributed by atoms with Crippen molar-refractivity contribution in [2.75, 3.05) is 18.4 Å². The fraction of sp³-hybridized carbons (Fsp3) is 0.407.